The van der Waals surface area contributed by atoms with Gasteiger partial charge in [-0.05, 0) is 18.1 Å². The zero-order chi connectivity index (χ0) is 19.3. The molecule has 0 radical (unpaired) electrons. The van der Waals surface area contributed by atoms with Crippen LogP contribution in [-0.4, -0.2) is 49.9 Å². The maximum absolute atomic E-state index is 12.3. The van der Waals surface area contributed by atoms with E-state index in [9.17, 15) is 14.4 Å². The summed E-state index contributed by atoms with van der Waals surface area (Å²) in [5.41, 5.74) is 5.05. The van der Waals surface area contributed by atoms with Gasteiger partial charge in [-0.2, -0.15) is 0 Å². The number of benzene rings is 1. The predicted octanol–water partition coefficient (Wildman–Crippen LogP) is 0.969. The molecule has 0 spiro atoms. The molecule has 0 aromatic heterocycles. The summed E-state index contributed by atoms with van der Waals surface area (Å²) < 4.78 is 10.2. The molecule has 1 aliphatic rings. The molecule has 1 saturated heterocycles. The second-order valence-corrected chi connectivity index (χ2v) is 6.64. The van der Waals surface area contributed by atoms with E-state index in [0.29, 0.717) is 30.5 Å². The van der Waals surface area contributed by atoms with Crippen LogP contribution >= 0.6 is 0 Å². The highest BCUT2D eigenvalue weighted by Gasteiger charge is 2.34. The van der Waals surface area contributed by atoms with Gasteiger partial charge in [-0.1, -0.05) is 13.8 Å². The standard InChI is InChI=1S/C18H25N3O5/c1-11(2)9-21-10-13(7-16(21)22)18(24)20-19-17(23)12-5-14(25-3)8-15(6-12)26-4/h5-6,8,11,13H,7,9-10H2,1-4H3,(H,19,23)(H,20,24)/t13-/m1/s1. The number of amides is 3. The van der Waals surface area contributed by atoms with Crippen LogP contribution in [-0.2, 0) is 9.59 Å². The number of hydrogen-bond donors (Lipinski definition) is 2. The summed E-state index contributed by atoms with van der Waals surface area (Å²) in [5.74, 6) is -0.127. The molecule has 8 nitrogen and oxygen atoms in total. The molecule has 1 aromatic carbocycles. The van der Waals surface area contributed by atoms with Gasteiger partial charge >= 0.3 is 0 Å². The maximum atomic E-state index is 12.3. The quantitative estimate of drug-likeness (QED) is 0.734. The van der Waals surface area contributed by atoms with Crippen molar-refractivity contribution >= 4 is 17.7 Å². The predicted molar refractivity (Wildman–Crippen MR) is 94.7 cm³/mol. The number of nitrogens with zero attached hydrogens (tertiary/aromatic N) is 1. The van der Waals surface area contributed by atoms with Crippen LogP contribution in [0.3, 0.4) is 0 Å². The van der Waals surface area contributed by atoms with Gasteiger partial charge in [0.05, 0.1) is 20.1 Å². The summed E-state index contributed by atoms with van der Waals surface area (Å²) in [7, 11) is 2.97. The largest absolute Gasteiger partial charge is 0.497 e. The molecule has 1 aliphatic heterocycles. The Balaban J connectivity index is 1.93. The Morgan fingerprint density at radius 1 is 1.15 bits per heavy atom. The number of hydrogen-bond acceptors (Lipinski definition) is 5. The van der Waals surface area contributed by atoms with Crippen molar-refractivity contribution in [3.8, 4) is 11.5 Å². The van der Waals surface area contributed by atoms with E-state index in [4.69, 9.17) is 9.47 Å². The van der Waals surface area contributed by atoms with Crippen molar-refractivity contribution in [3.05, 3.63) is 23.8 Å². The molecule has 1 fully saturated rings. The van der Waals surface area contributed by atoms with E-state index in [1.54, 1.807) is 11.0 Å². The third-order valence-corrected chi connectivity index (χ3v) is 4.08. The lowest BCUT2D eigenvalue weighted by Gasteiger charge is -2.18. The first-order chi connectivity index (χ1) is 12.3. The number of rotatable bonds is 6. The summed E-state index contributed by atoms with van der Waals surface area (Å²) >= 11 is 0. The number of carbonyl (C=O) groups is 3. The monoisotopic (exact) mass is 363 g/mol. The van der Waals surface area contributed by atoms with Gasteiger partial charge in [0.1, 0.15) is 11.5 Å². The fraction of sp³-hybridized carbons (Fsp3) is 0.500. The van der Waals surface area contributed by atoms with Crippen molar-refractivity contribution in [1.82, 2.24) is 15.8 Å². The zero-order valence-electron chi connectivity index (χ0n) is 15.5. The Bertz CT molecular complexity index is 667. The number of methoxy groups -OCH3 is 2. The fourth-order valence-electron chi connectivity index (χ4n) is 2.80. The summed E-state index contributed by atoms with van der Waals surface area (Å²) in [6, 6.07) is 4.71. The third kappa shape index (κ3) is 4.87. The number of ether oxygens (including phenoxy) is 2. The van der Waals surface area contributed by atoms with E-state index < -0.39 is 11.8 Å². The lowest BCUT2D eigenvalue weighted by molar-refractivity contribution is -0.129. The van der Waals surface area contributed by atoms with Gasteiger partial charge in [0.2, 0.25) is 11.8 Å². The van der Waals surface area contributed by atoms with E-state index in [1.807, 2.05) is 13.8 Å². The highest BCUT2D eigenvalue weighted by molar-refractivity contribution is 5.97. The maximum Gasteiger partial charge on any atom is 0.269 e. The van der Waals surface area contributed by atoms with Crippen LogP contribution in [0.25, 0.3) is 0 Å². The minimum Gasteiger partial charge on any atom is -0.497 e. The summed E-state index contributed by atoms with van der Waals surface area (Å²) in [4.78, 5) is 38.2. The molecule has 8 heteroatoms. The first-order valence-electron chi connectivity index (χ1n) is 8.45. The van der Waals surface area contributed by atoms with Crippen molar-refractivity contribution < 1.29 is 23.9 Å². The molecule has 1 heterocycles. The summed E-state index contributed by atoms with van der Waals surface area (Å²) in [6.07, 6.45) is 0.154. The number of nitrogens with one attached hydrogen (secondary N) is 2. The van der Waals surface area contributed by atoms with Crippen molar-refractivity contribution in [3.63, 3.8) is 0 Å². The van der Waals surface area contributed by atoms with Gasteiger partial charge in [-0.25, -0.2) is 0 Å². The molecule has 0 saturated carbocycles. The summed E-state index contributed by atoms with van der Waals surface area (Å²) in [5, 5.41) is 0. The van der Waals surface area contributed by atoms with Gasteiger partial charge in [0.15, 0.2) is 0 Å². The minimum atomic E-state index is -0.501. The van der Waals surface area contributed by atoms with Crippen molar-refractivity contribution in [2.24, 2.45) is 11.8 Å². The fourth-order valence-corrected chi connectivity index (χ4v) is 2.80. The van der Waals surface area contributed by atoms with Gasteiger partial charge in [0.25, 0.3) is 5.91 Å². The van der Waals surface area contributed by atoms with Gasteiger partial charge < -0.3 is 14.4 Å². The van der Waals surface area contributed by atoms with E-state index in [2.05, 4.69) is 10.9 Å². The van der Waals surface area contributed by atoms with Crippen molar-refractivity contribution in [2.75, 3.05) is 27.3 Å². The molecular formula is C18H25N3O5. The normalized spacial score (nSPS) is 16.6. The molecule has 0 bridgehead atoms. The van der Waals surface area contributed by atoms with Crippen molar-refractivity contribution in [1.29, 1.82) is 0 Å². The summed E-state index contributed by atoms with van der Waals surface area (Å²) in [6.45, 7) is 5.02. The number of hydrazine groups is 1. The molecule has 1 atom stereocenters. The SMILES string of the molecule is COc1cc(OC)cc(C(=O)NNC(=O)[C@@H]2CC(=O)N(CC(C)C)C2)c1. The Hall–Kier alpha value is -2.77. The Morgan fingerprint density at radius 2 is 1.77 bits per heavy atom. The van der Waals surface area contributed by atoms with Crippen molar-refractivity contribution in [2.45, 2.75) is 20.3 Å². The van der Waals surface area contributed by atoms with Crippen LogP contribution in [0.1, 0.15) is 30.6 Å². The first kappa shape index (κ1) is 19.6. The molecule has 142 valence electrons. The Morgan fingerprint density at radius 3 is 2.31 bits per heavy atom. The zero-order valence-corrected chi connectivity index (χ0v) is 15.5. The molecule has 26 heavy (non-hydrogen) atoms. The van der Waals surface area contributed by atoms with E-state index in [-0.39, 0.29) is 23.8 Å². The van der Waals surface area contributed by atoms with E-state index >= 15 is 0 Å². The van der Waals surface area contributed by atoms with Crippen LogP contribution in [0, 0.1) is 11.8 Å². The van der Waals surface area contributed by atoms with Crippen LogP contribution < -0.4 is 20.3 Å². The smallest absolute Gasteiger partial charge is 0.269 e. The second-order valence-electron chi connectivity index (χ2n) is 6.64. The van der Waals surface area contributed by atoms with Crippen LogP contribution in [0.2, 0.25) is 0 Å². The first-order valence-corrected chi connectivity index (χ1v) is 8.45. The number of likely N-dealkylation sites (tertiary alicyclic amines) is 1. The van der Waals surface area contributed by atoms with Crippen LogP contribution in [0.4, 0.5) is 0 Å². The van der Waals surface area contributed by atoms with Crippen LogP contribution in [0.5, 0.6) is 11.5 Å². The Kier molecular flexibility index (Phi) is 6.43. The Labute approximate surface area is 152 Å². The number of carbonyl (C=O) groups excluding carboxylic acids is 3. The molecular weight excluding hydrogens is 338 g/mol. The molecule has 2 N–H and O–H groups in total. The van der Waals surface area contributed by atoms with Gasteiger partial charge in [-0.3, -0.25) is 25.2 Å². The molecule has 3 amide bonds. The van der Waals surface area contributed by atoms with Gasteiger partial charge in [0, 0.05) is 31.1 Å². The molecule has 0 unspecified atom stereocenters. The molecule has 2 rings (SSSR count). The lowest BCUT2D eigenvalue weighted by atomic mass is 10.1. The average Bonchev–Trinajstić information content (AvgIpc) is 2.98. The lowest BCUT2D eigenvalue weighted by Crippen LogP contribution is -2.45. The topological polar surface area (TPSA) is 97.0 Å². The van der Waals surface area contributed by atoms with Crippen LogP contribution in [0.15, 0.2) is 18.2 Å². The van der Waals surface area contributed by atoms with Gasteiger partial charge in [-0.15, -0.1) is 0 Å². The molecule has 1 aromatic rings. The third-order valence-electron chi connectivity index (χ3n) is 4.08. The average molecular weight is 363 g/mol. The second kappa shape index (κ2) is 8.55. The minimum absolute atomic E-state index is 0.0392. The highest BCUT2D eigenvalue weighted by atomic mass is 16.5. The highest BCUT2D eigenvalue weighted by Crippen LogP contribution is 2.22. The van der Waals surface area contributed by atoms with E-state index in [0.717, 1.165) is 0 Å². The molecule has 0 aliphatic carbocycles. The van der Waals surface area contributed by atoms with E-state index in [1.165, 1.54) is 26.4 Å².